The number of benzene rings is 2. The summed E-state index contributed by atoms with van der Waals surface area (Å²) in [6, 6.07) is 14.3. The number of nitrogens with zero attached hydrogens (tertiary/aromatic N) is 5. The SMILES string of the molecule is COc1ccc(C)cc1-n1nnnc1SCC(=O)c1ccc(C#N)cc1. The number of ketones is 1. The molecule has 0 unspecified atom stereocenters. The van der Waals surface area contributed by atoms with E-state index in [0.717, 1.165) is 5.56 Å². The quantitative estimate of drug-likeness (QED) is 0.490. The van der Waals surface area contributed by atoms with Gasteiger partial charge in [-0.3, -0.25) is 4.79 Å². The van der Waals surface area contributed by atoms with Gasteiger partial charge in [0.1, 0.15) is 11.4 Å². The van der Waals surface area contributed by atoms with Crippen LogP contribution in [-0.2, 0) is 0 Å². The Kier molecular flexibility index (Phi) is 5.29. The van der Waals surface area contributed by atoms with Gasteiger partial charge in [0.2, 0.25) is 5.16 Å². The number of nitriles is 1. The largest absolute Gasteiger partial charge is 0.494 e. The first kappa shape index (κ1) is 17.6. The Morgan fingerprint density at radius 2 is 2.04 bits per heavy atom. The van der Waals surface area contributed by atoms with E-state index in [0.29, 0.717) is 27.7 Å². The first-order chi connectivity index (χ1) is 12.6. The predicted molar refractivity (Wildman–Crippen MR) is 96.7 cm³/mol. The molecule has 0 bridgehead atoms. The second kappa shape index (κ2) is 7.80. The third kappa shape index (κ3) is 3.73. The van der Waals surface area contributed by atoms with Crippen LogP contribution in [0.25, 0.3) is 5.69 Å². The fourth-order valence-electron chi connectivity index (χ4n) is 2.33. The Hall–Kier alpha value is -3.18. The first-order valence-electron chi connectivity index (χ1n) is 7.72. The molecule has 0 fully saturated rings. The Morgan fingerprint density at radius 1 is 1.27 bits per heavy atom. The van der Waals surface area contributed by atoms with Crippen molar-refractivity contribution in [1.82, 2.24) is 20.2 Å². The van der Waals surface area contributed by atoms with Gasteiger partial charge in [-0.25, -0.2) is 0 Å². The fourth-order valence-corrected chi connectivity index (χ4v) is 3.11. The van der Waals surface area contributed by atoms with Crippen molar-refractivity contribution >= 4 is 17.5 Å². The van der Waals surface area contributed by atoms with Gasteiger partial charge in [0.15, 0.2) is 5.78 Å². The molecule has 0 amide bonds. The Labute approximate surface area is 154 Å². The molecule has 0 atom stereocenters. The number of aryl methyl sites for hydroxylation is 1. The number of carbonyl (C=O) groups is 1. The molecule has 0 saturated heterocycles. The number of thioether (sulfide) groups is 1. The molecule has 0 aliphatic heterocycles. The number of aromatic nitrogens is 4. The second-order valence-corrected chi connectivity index (χ2v) is 6.39. The van der Waals surface area contributed by atoms with Crippen LogP contribution in [0.4, 0.5) is 0 Å². The van der Waals surface area contributed by atoms with Crippen LogP contribution in [0.15, 0.2) is 47.6 Å². The molecule has 2 aromatic carbocycles. The molecule has 7 nitrogen and oxygen atoms in total. The van der Waals surface area contributed by atoms with Gasteiger partial charge in [-0.1, -0.05) is 30.0 Å². The average molecular weight is 365 g/mol. The highest BCUT2D eigenvalue weighted by molar-refractivity contribution is 7.99. The third-order valence-electron chi connectivity index (χ3n) is 3.67. The summed E-state index contributed by atoms with van der Waals surface area (Å²) >= 11 is 1.24. The number of carbonyl (C=O) groups excluding carboxylic acids is 1. The summed E-state index contributed by atoms with van der Waals surface area (Å²) in [4.78, 5) is 12.4. The first-order valence-corrected chi connectivity index (χ1v) is 8.70. The molecular formula is C18H15N5O2S. The predicted octanol–water partition coefficient (Wildman–Crippen LogP) is 2.83. The molecule has 1 aromatic heterocycles. The van der Waals surface area contributed by atoms with E-state index < -0.39 is 0 Å². The van der Waals surface area contributed by atoms with E-state index >= 15 is 0 Å². The van der Waals surface area contributed by atoms with Gasteiger partial charge in [-0.15, -0.1) is 5.10 Å². The number of ether oxygens (including phenoxy) is 1. The van der Waals surface area contributed by atoms with E-state index in [1.54, 1.807) is 36.1 Å². The van der Waals surface area contributed by atoms with Crippen LogP contribution in [0.1, 0.15) is 21.5 Å². The van der Waals surface area contributed by atoms with Crippen LogP contribution in [-0.4, -0.2) is 38.9 Å². The van der Waals surface area contributed by atoms with Crippen LogP contribution < -0.4 is 4.74 Å². The molecule has 1 heterocycles. The maximum absolute atomic E-state index is 12.4. The second-order valence-electron chi connectivity index (χ2n) is 5.45. The third-order valence-corrected chi connectivity index (χ3v) is 4.59. The number of hydrogen-bond donors (Lipinski definition) is 0. The number of methoxy groups -OCH3 is 1. The molecule has 0 aliphatic rings. The van der Waals surface area contributed by atoms with E-state index in [2.05, 4.69) is 15.5 Å². The number of hydrogen-bond acceptors (Lipinski definition) is 7. The van der Waals surface area contributed by atoms with Crippen molar-refractivity contribution < 1.29 is 9.53 Å². The lowest BCUT2D eigenvalue weighted by Crippen LogP contribution is -2.06. The lowest BCUT2D eigenvalue weighted by atomic mass is 10.1. The molecule has 0 saturated carbocycles. The van der Waals surface area contributed by atoms with E-state index in [-0.39, 0.29) is 11.5 Å². The highest BCUT2D eigenvalue weighted by atomic mass is 32.2. The maximum atomic E-state index is 12.4. The molecule has 3 aromatic rings. The zero-order valence-electron chi connectivity index (χ0n) is 14.2. The minimum Gasteiger partial charge on any atom is -0.494 e. The molecule has 130 valence electrons. The van der Waals surface area contributed by atoms with E-state index in [9.17, 15) is 4.79 Å². The number of rotatable bonds is 6. The normalized spacial score (nSPS) is 10.3. The van der Waals surface area contributed by atoms with Crippen LogP contribution >= 0.6 is 11.8 Å². The summed E-state index contributed by atoms with van der Waals surface area (Å²) in [7, 11) is 1.58. The highest BCUT2D eigenvalue weighted by Gasteiger charge is 2.16. The molecule has 0 spiro atoms. The van der Waals surface area contributed by atoms with E-state index in [1.165, 1.54) is 11.8 Å². The van der Waals surface area contributed by atoms with Crippen LogP contribution in [0.2, 0.25) is 0 Å². The summed E-state index contributed by atoms with van der Waals surface area (Å²) in [5, 5.41) is 21.1. The van der Waals surface area contributed by atoms with E-state index in [4.69, 9.17) is 10.00 Å². The Bertz CT molecular complexity index is 976. The van der Waals surface area contributed by atoms with Crippen LogP contribution in [0.3, 0.4) is 0 Å². The fraction of sp³-hybridized carbons (Fsp3) is 0.167. The molecule has 0 aliphatic carbocycles. The number of tetrazole rings is 1. The Morgan fingerprint density at radius 3 is 2.73 bits per heavy atom. The summed E-state index contributed by atoms with van der Waals surface area (Å²) in [5.41, 5.74) is 2.82. The van der Waals surface area contributed by atoms with Gasteiger partial charge in [0.05, 0.1) is 24.5 Å². The molecule has 8 heteroatoms. The maximum Gasteiger partial charge on any atom is 0.214 e. The molecule has 0 radical (unpaired) electrons. The topological polar surface area (TPSA) is 93.7 Å². The van der Waals surface area contributed by atoms with E-state index in [1.807, 2.05) is 31.2 Å². The summed E-state index contributed by atoms with van der Waals surface area (Å²) in [6.07, 6.45) is 0. The van der Waals surface area contributed by atoms with Gasteiger partial charge in [0, 0.05) is 5.56 Å². The van der Waals surface area contributed by atoms with Gasteiger partial charge < -0.3 is 4.74 Å². The van der Waals surface area contributed by atoms with Gasteiger partial charge in [-0.05, 0) is 47.2 Å². The summed E-state index contributed by atoms with van der Waals surface area (Å²) in [6.45, 7) is 1.97. The smallest absolute Gasteiger partial charge is 0.214 e. The molecule has 3 rings (SSSR count). The van der Waals surface area contributed by atoms with Crippen molar-refractivity contribution in [1.29, 1.82) is 5.26 Å². The standard InChI is InChI=1S/C18H15N5O2S/c1-12-3-8-17(25-2)15(9-12)23-18(20-21-22-23)26-11-16(24)14-6-4-13(10-19)5-7-14/h3-9H,11H2,1-2H3. The van der Waals surface area contributed by atoms with Crippen molar-refractivity contribution in [2.75, 3.05) is 12.9 Å². The molecule has 0 N–H and O–H groups in total. The summed E-state index contributed by atoms with van der Waals surface area (Å²) in [5.74, 6) is 0.758. The van der Waals surface area contributed by atoms with Crippen molar-refractivity contribution in [2.24, 2.45) is 0 Å². The van der Waals surface area contributed by atoms with Crippen molar-refractivity contribution in [3.8, 4) is 17.5 Å². The highest BCUT2D eigenvalue weighted by Crippen LogP contribution is 2.27. The van der Waals surface area contributed by atoms with Crippen molar-refractivity contribution in [3.05, 3.63) is 59.2 Å². The minimum atomic E-state index is -0.0646. The van der Waals surface area contributed by atoms with Gasteiger partial charge in [-0.2, -0.15) is 9.94 Å². The minimum absolute atomic E-state index is 0.0646. The van der Waals surface area contributed by atoms with Gasteiger partial charge in [0.25, 0.3) is 0 Å². The number of Topliss-reactive ketones (excluding diaryl/α,β-unsaturated/α-hetero) is 1. The zero-order valence-corrected chi connectivity index (χ0v) is 15.0. The van der Waals surface area contributed by atoms with Crippen LogP contribution in [0, 0.1) is 18.3 Å². The van der Waals surface area contributed by atoms with Crippen LogP contribution in [0.5, 0.6) is 5.75 Å². The Balaban J connectivity index is 1.78. The van der Waals surface area contributed by atoms with Crippen molar-refractivity contribution in [2.45, 2.75) is 12.1 Å². The lowest BCUT2D eigenvalue weighted by Gasteiger charge is -2.10. The van der Waals surface area contributed by atoms with Crippen molar-refractivity contribution in [3.63, 3.8) is 0 Å². The molecule has 26 heavy (non-hydrogen) atoms. The monoisotopic (exact) mass is 365 g/mol. The molecular weight excluding hydrogens is 350 g/mol. The summed E-state index contributed by atoms with van der Waals surface area (Å²) < 4.78 is 6.94. The van der Waals surface area contributed by atoms with Gasteiger partial charge >= 0.3 is 0 Å². The zero-order chi connectivity index (χ0) is 18.5. The average Bonchev–Trinajstić information content (AvgIpc) is 3.14. The lowest BCUT2D eigenvalue weighted by molar-refractivity contribution is 0.102.